The number of nitrogens with zero attached hydrogens (tertiary/aromatic N) is 1. The topological polar surface area (TPSA) is 55.6 Å². The number of hydrogen-bond donors (Lipinski definition) is 1. The molecular formula is C17H28N2O2. The molecule has 0 fully saturated rings. The average molecular weight is 292 g/mol. The summed E-state index contributed by atoms with van der Waals surface area (Å²) < 4.78 is 5.00. The van der Waals surface area contributed by atoms with E-state index in [4.69, 9.17) is 10.5 Å². The monoisotopic (exact) mass is 292 g/mol. The van der Waals surface area contributed by atoms with Crippen molar-refractivity contribution in [2.24, 2.45) is 0 Å². The maximum Gasteiger partial charge on any atom is 0.307 e. The van der Waals surface area contributed by atoms with E-state index in [2.05, 4.69) is 30.9 Å². The van der Waals surface area contributed by atoms with Crippen LogP contribution in [0, 0.1) is 0 Å². The molecule has 21 heavy (non-hydrogen) atoms. The molecule has 1 unspecified atom stereocenters. The Balaban J connectivity index is 2.53. The molecule has 1 atom stereocenters. The molecule has 0 bridgehead atoms. The number of rotatable bonds is 9. The normalized spacial score (nSPS) is 12.4. The number of ether oxygens (including phenoxy) is 1. The van der Waals surface area contributed by atoms with E-state index in [0.717, 1.165) is 31.6 Å². The van der Waals surface area contributed by atoms with Crippen LogP contribution in [0.15, 0.2) is 24.3 Å². The van der Waals surface area contributed by atoms with Crippen molar-refractivity contribution >= 4 is 11.7 Å². The number of carbonyl (C=O) groups excluding carboxylic acids is 1. The van der Waals surface area contributed by atoms with E-state index >= 15 is 0 Å². The van der Waals surface area contributed by atoms with Crippen molar-refractivity contribution in [1.82, 2.24) is 4.90 Å². The number of anilines is 1. The number of nitrogens with two attached hydrogens (primary N) is 1. The number of carbonyl (C=O) groups is 1. The van der Waals surface area contributed by atoms with Crippen LogP contribution in [0.25, 0.3) is 0 Å². The maximum absolute atomic E-state index is 11.5. The van der Waals surface area contributed by atoms with E-state index in [0.29, 0.717) is 19.1 Å². The van der Waals surface area contributed by atoms with Gasteiger partial charge in [-0.15, -0.1) is 0 Å². The van der Waals surface area contributed by atoms with Gasteiger partial charge in [0.15, 0.2) is 0 Å². The molecule has 0 heterocycles. The molecule has 0 saturated heterocycles. The maximum atomic E-state index is 11.5. The summed E-state index contributed by atoms with van der Waals surface area (Å²) in [7, 11) is 0. The van der Waals surface area contributed by atoms with Crippen LogP contribution in [0.1, 0.15) is 39.2 Å². The lowest BCUT2D eigenvalue weighted by Gasteiger charge is -2.28. The zero-order valence-corrected chi connectivity index (χ0v) is 13.5. The van der Waals surface area contributed by atoms with Crippen molar-refractivity contribution in [3.8, 4) is 0 Å². The second kappa shape index (κ2) is 9.40. The van der Waals surface area contributed by atoms with Crippen LogP contribution in [0.4, 0.5) is 5.69 Å². The SMILES string of the molecule is CCCN(CCC(=O)OCC)C(C)Cc1ccc(N)cc1. The van der Waals surface area contributed by atoms with Gasteiger partial charge in [-0.3, -0.25) is 9.69 Å². The summed E-state index contributed by atoms with van der Waals surface area (Å²) in [5, 5.41) is 0. The summed E-state index contributed by atoms with van der Waals surface area (Å²) in [4.78, 5) is 13.9. The fourth-order valence-electron chi connectivity index (χ4n) is 2.43. The molecule has 4 nitrogen and oxygen atoms in total. The van der Waals surface area contributed by atoms with E-state index in [1.165, 1.54) is 5.56 Å². The van der Waals surface area contributed by atoms with Gasteiger partial charge in [-0.2, -0.15) is 0 Å². The lowest BCUT2D eigenvalue weighted by molar-refractivity contribution is -0.143. The standard InChI is InChI=1S/C17H28N2O2/c1-4-11-19(12-10-17(20)21-5-2)14(3)13-15-6-8-16(18)9-7-15/h6-9,14H,4-5,10-13,18H2,1-3H3. The second-order valence-corrected chi connectivity index (χ2v) is 5.39. The molecule has 0 aliphatic carbocycles. The summed E-state index contributed by atoms with van der Waals surface area (Å²) >= 11 is 0. The van der Waals surface area contributed by atoms with Crippen LogP contribution in [0.3, 0.4) is 0 Å². The highest BCUT2D eigenvalue weighted by molar-refractivity contribution is 5.69. The van der Waals surface area contributed by atoms with E-state index < -0.39 is 0 Å². The smallest absolute Gasteiger partial charge is 0.307 e. The largest absolute Gasteiger partial charge is 0.466 e. The van der Waals surface area contributed by atoms with Crippen molar-refractivity contribution < 1.29 is 9.53 Å². The summed E-state index contributed by atoms with van der Waals surface area (Å²) in [5.74, 6) is -0.113. The van der Waals surface area contributed by atoms with E-state index in [1.54, 1.807) is 0 Å². The summed E-state index contributed by atoms with van der Waals surface area (Å²) in [6.07, 6.45) is 2.50. The van der Waals surface area contributed by atoms with Crippen molar-refractivity contribution in [3.05, 3.63) is 29.8 Å². The van der Waals surface area contributed by atoms with Crippen LogP contribution in [0.2, 0.25) is 0 Å². The zero-order valence-electron chi connectivity index (χ0n) is 13.5. The lowest BCUT2D eigenvalue weighted by Crippen LogP contribution is -2.37. The highest BCUT2D eigenvalue weighted by Crippen LogP contribution is 2.12. The van der Waals surface area contributed by atoms with Crippen molar-refractivity contribution in [3.63, 3.8) is 0 Å². The quantitative estimate of drug-likeness (QED) is 0.561. The molecule has 2 N–H and O–H groups in total. The predicted molar refractivity (Wildman–Crippen MR) is 87.1 cm³/mol. The van der Waals surface area contributed by atoms with Gasteiger partial charge >= 0.3 is 5.97 Å². The highest BCUT2D eigenvalue weighted by Gasteiger charge is 2.15. The molecule has 4 heteroatoms. The molecule has 0 aliphatic heterocycles. The first-order valence-electron chi connectivity index (χ1n) is 7.80. The van der Waals surface area contributed by atoms with Gasteiger partial charge in [0.2, 0.25) is 0 Å². The highest BCUT2D eigenvalue weighted by atomic mass is 16.5. The van der Waals surface area contributed by atoms with E-state index in [-0.39, 0.29) is 5.97 Å². The molecule has 1 aromatic carbocycles. The third-order valence-electron chi connectivity index (χ3n) is 3.55. The molecule has 0 aliphatic rings. The molecule has 0 saturated carbocycles. The van der Waals surface area contributed by atoms with E-state index in [1.807, 2.05) is 19.1 Å². The van der Waals surface area contributed by atoms with Gasteiger partial charge in [-0.1, -0.05) is 19.1 Å². The average Bonchev–Trinajstić information content (AvgIpc) is 2.46. The Morgan fingerprint density at radius 2 is 1.90 bits per heavy atom. The third-order valence-corrected chi connectivity index (χ3v) is 3.55. The Morgan fingerprint density at radius 3 is 2.48 bits per heavy atom. The predicted octanol–water partition coefficient (Wildman–Crippen LogP) is 2.87. The number of nitrogen functional groups attached to an aromatic ring is 1. The third kappa shape index (κ3) is 6.63. The lowest BCUT2D eigenvalue weighted by atomic mass is 10.0. The van der Waals surface area contributed by atoms with Crippen LogP contribution in [0.5, 0.6) is 0 Å². The Bertz CT molecular complexity index is 417. The Hall–Kier alpha value is -1.55. The molecular weight excluding hydrogens is 264 g/mol. The minimum absolute atomic E-state index is 0.113. The Morgan fingerprint density at radius 1 is 1.24 bits per heavy atom. The van der Waals surface area contributed by atoms with Crippen LogP contribution in [-0.2, 0) is 16.0 Å². The minimum Gasteiger partial charge on any atom is -0.466 e. The van der Waals surface area contributed by atoms with Crippen molar-refractivity contribution in [2.45, 2.75) is 46.1 Å². The van der Waals surface area contributed by atoms with Gasteiger partial charge < -0.3 is 10.5 Å². The van der Waals surface area contributed by atoms with Gasteiger partial charge in [0.05, 0.1) is 13.0 Å². The molecule has 0 amide bonds. The summed E-state index contributed by atoms with van der Waals surface area (Å²) in [5.41, 5.74) is 7.78. The van der Waals surface area contributed by atoms with Gasteiger partial charge in [0, 0.05) is 18.3 Å². The second-order valence-electron chi connectivity index (χ2n) is 5.39. The zero-order chi connectivity index (χ0) is 15.7. The van der Waals surface area contributed by atoms with Crippen molar-refractivity contribution in [1.29, 1.82) is 0 Å². The van der Waals surface area contributed by atoms with Gasteiger partial charge in [0.1, 0.15) is 0 Å². The Labute approximate surface area is 128 Å². The fraction of sp³-hybridized carbons (Fsp3) is 0.588. The molecule has 0 aromatic heterocycles. The molecule has 1 aromatic rings. The van der Waals surface area contributed by atoms with Crippen molar-refractivity contribution in [2.75, 3.05) is 25.4 Å². The summed E-state index contributed by atoms with van der Waals surface area (Å²) in [6.45, 7) is 8.40. The molecule has 0 radical (unpaired) electrons. The van der Waals surface area contributed by atoms with Crippen LogP contribution >= 0.6 is 0 Å². The van der Waals surface area contributed by atoms with Crippen LogP contribution in [-0.4, -0.2) is 36.6 Å². The van der Waals surface area contributed by atoms with Crippen LogP contribution < -0.4 is 5.73 Å². The number of hydrogen-bond acceptors (Lipinski definition) is 4. The molecule has 0 spiro atoms. The van der Waals surface area contributed by atoms with Gasteiger partial charge in [0.25, 0.3) is 0 Å². The van der Waals surface area contributed by atoms with Gasteiger partial charge in [-0.05, 0) is 50.9 Å². The first-order chi connectivity index (χ1) is 10.1. The summed E-state index contributed by atoms with van der Waals surface area (Å²) in [6, 6.07) is 8.40. The van der Waals surface area contributed by atoms with E-state index in [9.17, 15) is 4.79 Å². The molecule has 118 valence electrons. The molecule has 1 rings (SSSR count). The Kier molecular flexibility index (Phi) is 7.83. The minimum atomic E-state index is -0.113. The number of esters is 1. The first kappa shape index (κ1) is 17.5. The number of benzene rings is 1. The first-order valence-corrected chi connectivity index (χ1v) is 7.80. The van der Waals surface area contributed by atoms with Gasteiger partial charge in [-0.25, -0.2) is 0 Å². The fourth-order valence-corrected chi connectivity index (χ4v) is 2.43.